The number of carboxylic acid groups (broad SMARTS) is 1. The van der Waals surface area contributed by atoms with E-state index in [1.54, 1.807) is 6.07 Å². The first-order valence-corrected chi connectivity index (χ1v) is 7.12. The second-order valence-electron chi connectivity index (χ2n) is 5.68. The molecular weight excluding hydrogens is 254 g/mol. The molecule has 0 spiro atoms. The quantitative estimate of drug-likeness (QED) is 0.888. The van der Waals surface area contributed by atoms with Crippen LogP contribution in [0, 0.1) is 6.92 Å². The first-order chi connectivity index (χ1) is 9.52. The van der Waals surface area contributed by atoms with Crippen molar-refractivity contribution < 1.29 is 14.7 Å². The highest BCUT2D eigenvalue weighted by Gasteiger charge is 2.36. The summed E-state index contributed by atoms with van der Waals surface area (Å²) in [7, 11) is 0. The van der Waals surface area contributed by atoms with Crippen LogP contribution >= 0.6 is 0 Å². The van der Waals surface area contributed by atoms with Gasteiger partial charge in [-0.1, -0.05) is 37.5 Å². The fourth-order valence-electron chi connectivity index (χ4n) is 3.00. The van der Waals surface area contributed by atoms with Crippen LogP contribution in [0.1, 0.15) is 54.4 Å². The van der Waals surface area contributed by atoms with Gasteiger partial charge in [0.05, 0.1) is 12.0 Å². The SMILES string of the molecule is Cc1ccccc1C(=O)NC1(CC(=O)O)CCCCC1. The number of carbonyl (C=O) groups is 2. The molecular formula is C16H21NO3. The third-order valence-corrected chi connectivity index (χ3v) is 4.07. The molecule has 20 heavy (non-hydrogen) atoms. The molecule has 1 aliphatic carbocycles. The molecule has 2 rings (SSSR count). The number of hydrogen-bond donors (Lipinski definition) is 2. The summed E-state index contributed by atoms with van der Waals surface area (Å²) >= 11 is 0. The van der Waals surface area contributed by atoms with Crippen LogP contribution in [0.4, 0.5) is 0 Å². The summed E-state index contributed by atoms with van der Waals surface area (Å²) in [6.07, 6.45) is 4.56. The van der Waals surface area contributed by atoms with Gasteiger partial charge in [0.1, 0.15) is 0 Å². The van der Waals surface area contributed by atoms with E-state index in [4.69, 9.17) is 5.11 Å². The maximum atomic E-state index is 12.4. The number of aryl methyl sites for hydroxylation is 1. The van der Waals surface area contributed by atoms with Crippen molar-refractivity contribution in [2.45, 2.75) is 51.0 Å². The van der Waals surface area contributed by atoms with Crippen LogP contribution in [0.5, 0.6) is 0 Å². The molecule has 4 nitrogen and oxygen atoms in total. The number of rotatable bonds is 4. The predicted molar refractivity (Wildman–Crippen MR) is 76.7 cm³/mol. The van der Waals surface area contributed by atoms with Crippen LogP contribution in [0.3, 0.4) is 0 Å². The summed E-state index contributed by atoms with van der Waals surface area (Å²) in [6.45, 7) is 1.89. The Morgan fingerprint density at radius 3 is 2.45 bits per heavy atom. The molecule has 1 saturated carbocycles. The van der Waals surface area contributed by atoms with E-state index in [0.717, 1.165) is 37.7 Å². The molecule has 0 radical (unpaired) electrons. The molecule has 0 atom stereocenters. The second-order valence-corrected chi connectivity index (χ2v) is 5.68. The highest BCUT2D eigenvalue weighted by atomic mass is 16.4. The molecule has 0 unspecified atom stereocenters. The van der Waals surface area contributed by atoms with Crippen molar-refractivity contribution in [2.75, 3.05) is 0 Å². The molecule has 108 valence electrons. The summed E-state index contributed by atoms with van der Waals surface area (Å²) in [5.74, 6) is -1.01. The van der Waals surface area contributed by atoms with Gasteiger partial charge in [-0.2, -0.15) is 0 Å². The van der Waals surface area contributed by atoms with E-state index in [1.165, 1.54) is 0 Å². The summed E-state index contributed by atoms with van der Waals surface area (Å²) in [5.41, 5.74) is 0.956. The lowest BCUT2D eigenvalue weighted by Gasteiger charge is -2.37. The largest absolute Gasteiger partial charge is 0.481 e. The van der Waals surface area contributed by atoms with Crippen molar-refractivity contribution in [3.05, 3.63) is 35.4 Å². The van der Waals surface area contributed by atoms with Crippen molar-refractivity contribution in [3.8, 4) is 0 Å². The third kappa shape index (κ3) is 3.38. The van der Waals surface area contributed by atoms with Gasteiger partial charge in [0.15, 0.2) is 0 Å². The monoisotopic (exact) mass is 275 g/mol. The lowest BCUT2D eigenvalue weighted by Crippen LogP contribution is -2.51. The number of nitrogens with one attached hydrogen (secondary N) is 1. The summed E-state index contributed by atoms with van der Waals surface area (Å²) in [4.78, 5) is 23.5. The van der Waals surface area contributed by atoms with E-state index < -0.39 is 11.5 Å². The zero-order valence-corrected chi connectivity index (χ0v) is 11.8. The number of hydrogen-bond acceptors (Lipinski definition) is 2. The van der Waals surface area contributed by atoms with Gasteiger partial charge >= 0.3 is 5.97 Å². The van der Waals surface area contributed by atoms with E-state index >= 15 is 0 Å². The zero-order valence-electron chi connectivity index (χ0n) is 11.8. The van der Waals surface area contributed by atoms with Crippen molar-refractivity contribution in [2.24, 2.45) is 0 Å². The van der Waals surface area contributed by atoms with Crippen LogP contribution in [0.2, 0.25) is 0 Å². The van der Waals surface area contributed by atoms with Gasteiger partial charge in [-0.3, -0.25) is 9.59 Å². The normalized spacial score (nSPS) is 17.4. The topological polar surface area (TPSA) is 66.4 Å². The van der Waals surface area contributed by atoms with Crippen molar-refractivity contribution >= 4 is 11.9 Å². The Morgan fingerprint density at radius 1 is 1.20 bits per heavy atom. The number of carboxylic acids is 1. The van der Waals surface area contributed by atoms with E-state index in [2.05, 4.69) is 5.32 Å². The first kappa shape index (κ1) is 14.6. The Bertz CT molecular complexity index is 504. The van der Waals surface area contributed by atoms with E-state index in [0.29, 0.717) is 5.56 Å². The predicted octanol–water partition coefficient (Wildman–Crippen LogP) is 2.90. The highest BCUT2D eigenvalue weighted by molar-refractivity contribution is 5.96. The Hall–Kier alpha value is -1.84. The smallest absolute Gasteiger partial charge is 0.305 e. The van der Waals surface area contributed by atoms with Crippen molar-refractivity contribution in [1.29, 1.82) is 0 Å². The molecule has 2 N–H and O–H groups in total. The number of amides is 1. The summed E-state index contributed by atoms with van der Waals surface area (Å²) < 4.78 is 0. The molecule has 4 heteroatoms. The second kappa shape index (κ2) is 6.07. The fraction of sp³-hybridized carbons (Fsp3) is 0.500. The van der Waals surface area contributed by atoms with Gasteiger partial charge in [0.25, 0.3) is 5.91 Å². The molecule has 0 aliphatic heterocycles. The Morgan fingerprint density at radius 2 is 1.85 bits per heavy atom. The molecule has 0 saturated heterocycles. The van der Waals surface area contributed by atoms with Crippen LogP contribution in [-0.2, 0) is 4.79 Å². The van der Waals surface area contributed by atoms with Gasteiger partial charge in [0.2, 0.25) is 0 Å². The minimum Gasteiger partial charge on any atom is -0.481 e. The lowest BCUT2D eigenvalue weighted by molar-refractivity contribution is -0.139. The van der Waals surface area contributed by atoms with Gasteiger partial charge in [0, 0.05) is 5.56 Å². The summed E-state index contributed by atoms with van der Waals surface area (Å²) in [6, 6.07) is 7.38. The number of aliphatic carboxylic acids is 1. The molecule has 0 heterocycles. The average molecular weight is 275 g/mol. The van der Waals surface area contributed by atoms with E-state index in [9.17, 15) is 9.59 Å². The maximum absolute atomic E-state index is 12.4. The van der Waals surface area contributed by atoms with E-state index in [1.807, 2.05) is 25.1 Å². The molecule has 1 aromatic rings. The minimum absolute atomic E-state index is 0.00458. The Kier molecular flexibility index (Phi) is 4.42. The third-order valence-electron chi connectivity index (χ3n) is 4.07. The maximum Gasteiger partial charge on any atom is 0.305 e. The Balaban J connectivity index is 2.17. The van der Waals surface area contributed by atoms with Gasteiger partial charge in [-0.25, -0.2) is 0 Å². The molecule has 1 amide bonds. The molecule has 0 bridgehead atoms. The number of benzene rings is 1. The summed E-state index contributed by atoms with van der Waals surface area (Å²) in [5, 5.41) is 12.1. The molecule has 1 fully saturated rings. The van der Waals surface area contributed by atoms with Crippen LogP contribution < -0.4 is 5.32 Å². The van der Waals surface area contributed by atoms with Gasteiger partial charge in [-0.15, -0.1) is 0 Å². The first-order valence-electron chi connectivity index (χ1n) is 7.12. The highest BCUT2D eigenvalue weighted by Crippen LogP contribution is 2.31. The standard InChI is InChI=1S/C16H21NO3/c1-12-7-3-4-8-13(12)15(20)17-16(11-14(18)19)9-5-2-6-10-16/h3-4,7-8H,2,5-6,9-11H2,1H3,(H,17,20)(H,18,19). The minimum atomic E-state index is -0.850. The zero-order chi connectivity index (χ0) is 14.6. The van der Waals surface area contributed by atoms with Crippen molar-refractivity contribution in [1.82, 2.24) is 5.32 Å². The van der Waals surface area contributed by atoms with Gasteiger partial charge in [-0.05, 0) is 31.4 Å². The van der Waals surface area contributed by atoms with Crippen LogP contribution in [0.15, 0.2) is 24.3 Å². The van der Waals surface area contributed by atoms with Crippen LogP contribution in [0.25, 0.3) is 0 Å². The Labute approximate surface area is 119 Å². The van der Waals surface area contributed by atoms with Crippen LogP contribution in [-0.4, -0.2) is 22.5 Å². The number of carbonyl (C=O) groups excluding carboxylic acids is 1. The van der Waals surface area contributed by atoms with Crippen molar-refractivity contribution in [3.63, 3.8) is 0 Å². The average Bonchev–Trinajstić information content (AvgIpc) is 2.39. The van der Waals surface area contributed by atoms with E-state index in [-0.39, 0.29) is 12.3 Å². The lowest BCUT2D eigenvalue weighted by atomic mass is 9.79. The van der Waals surface area contributed by atoms with Gasteiger partial charge < -0.3 is 10.4 Å². The molecule has 0 aromatic heterocycles. The fourth-order valence-corrected chi connectivity index (χ4v) is 3.00. The molecule has 1 aliphatic rings. The molecule has 1 aromatic carbocycles.